The van der Waals surface area contributed by atoms with Crippen molar-refractivity contribution in [2.45, 2.75) is 12.5 Å². The Balaban J connectivity index is 1.60. The molecule has 1 aromatic carbocycles. The number of nitrogens with one attached hydrogen (secondary N) is 3. The number of morpholine rings is 1. The molecule has 106 valence electrons. The van der Waals surface area contributed by atoms with Crippen LogP contribution < -0.4 is 16.0 Å². The fourth-order valence-corrected chi connectivity index (χ4v) is 2.42. The molecular weight excluding hydrogens is 258 g/mol. The molecule has 0 spiro atoms. The Kier molecular flexibility index (Phi) is 3.66. The van der Waals surface area contributed by atoms with Gasteiger partial charge in [0.1, 0.15) is 0 Å². The van der Waals surface area contributed by atoms with Gasteiger partial charge in [-0.25, -0.2) is 0 Å². The molecule has 6 heteroatoms. The van der Waals surface area contributed by atoms with E-state index in [1.54, 1.807) is 12.1 Å². The van der Waals surface area contributed by atoms with Gasteiger partial charge in [0, 0.05) is 30.4 Å². The van der Waals surface area contributed by atoms with Crippen molar-refractivity contribution in [3.05, 3.63) is 29.3 Å². The van der Waals surface area contributed by atoms with Gasteiger partial charge in [0.05, 0.1) is 19.6 Å². The number of anilines is 1. The molecule has 0 saturated carbocycles. The number of carbonyl (C=O) groups is 2. The Labute approximate surface area is 116 Å². The smallest absolute Gasteiger partial charge is 0.251 e. The Morgan fingerprint density at radius 2 is 2.35 bits per heavy atom. The van der Waals surface area contributed by atoms with Crippen LogP contribution in [0.25, 0.3) is 0 Å². The average Bonchev–Trinajstić information content (AvgIpc) is 2.85. The molecule has 0 aromatic heterocycles. The standard InChI is InChI=1S/C14H17N3O3/c18-13-6-9-1-2-10(5-12(9)17-13)14(19)16-7-11-8-20-4-3-15-11/h1-2,5,11,15H,3-4,6-8H2,(H,16,19)(H,17,18). The molecule has 1 fully saturated rings. The zero-order chi connectivity index (χ0) is 13.9. The lowest BCUT2D eigenvalue weighted by molar-refractivity contribution is -0.115. The maximum absolute atomic E-state index is 12.1. The van der Waals surface area contributed by atoms with Crippen molar-refractivity contribution in [2.24, 2.45) is 0 Å². The van der Waals surface area contributed by atoms with E-state index in [-0.39, 0.29) is 17.9 Å². The number of fused-ring (bicyclic) bond motifs is 1. The van der Waals surface area contributed by atoms with Crippen molar-refractivity contribution in [1.29, 1.82) is 0 Å². The fourth-order valence-electron chi connectivity index (χ4n) is 2.42. The molecule has 0 bridgehead atoms. The van der Waals surface area contributed by atoms with Gasteiger partial charge in [-0.05, 0) is 17.7 Å². The Morgan fingerprint density at radius 3 is 3.15 bits per heavy atom. The summed E-state index contributed by atoms with van der Waals surface area (Å²) in [6, 6.07) is 5.45. The fraction of sp³-hybridized carbons (Fsp3) is 0.429. The number of amides is 2. The molecule has 1 unspecified atom stereocenters. The van der Waals surface area contributed by atoms with E-state index < -0.39 is 0 Å². The molecular formula is C14H17N3O3. The first-order chi connectivity index (χ1) is 9.72. The highest BCUT2D eigenvalue weighted by Gasteiger charge is 2.19. The second kappa shape index (κ2) is 5.60. The van der Waals surface area contributed by atoms with E-state index in [1.165, 1.54) is 0 Å². The molecule has 20 heavy (non-hydrogen) atoms. The maximum atomic E-state index is 12.1. The van der Waals surface area contributed by atoms with Crippen LogP contribution >= 0.6 is 0 Å². The van der Waals surface area contributed by atoms with E-state index in [0.717, 1.165) is 24.4 Å². The van der Waals surface area contributed by atoms with Crippen LogP contribution in [0, 0.1) is 0 Å². The number of benzene rings is 1. The van der Waals surface area contributed by atoms with E-state index in [4.69, 9.17) is 4.74 Å². The number of hydrogen-bond acceptors (Lipinski definition) is 4. The van der Waals surface area contributed by atoms with E-state index >= 15 is 0 Å². The third kappa shape index (κ3) is 2.81. The molecule has 2 aliphatic rings. The molecule has 2 amide bonds. The van der Waals surface area contributed by atoms with Crippen LogP contribution in [-0.4, -0.2) is 44.2 Å². The summed E-state index contributed by atoms with van der Waals surface area (Å²) in [5, 5.41) is 8.90. The van der Waals surface area contributed by atoms with Gasteiger partial charge in [0.15, 0.2) is 0 Å². The van der Waals surface area contributed by atoms with Crippen LogP contribution in [0.5, 0.6) is 0 Å². The first-order valence-electron chi connectivity index (χ1n) is 6.74. The highest BCUT2D eigenvalue weighted by Crippen LogP contribution is 2.23. The van der Waals surface area contributed by atoms with Crippen LogP contribution in [-0.2, 0) is 16.0 Å². The largest absolute Gasteiger partial charge is 0.378 e. The summed E-state index contributed by atoms with van der Waals surface area (Å²) in [5.74, 6) is -0.164. The van der Waals surface area contributed by atoms with Gasteiger partial charge >= 0.3 is 0 Å². The highest BCUT2D eigenvalue weighted by molar-refractivity contribution is 6.02. The molecule has 0 aliphatic carbocycles. The van der Waals surface area contributed by atoms with Crippen LogP contribution in [0.4, 0.5) is 5.69 Å². The SMILES string of the molecule is O=C1Cc2ccc(C(=O)NCC3COCCN3)cc2N1. The third-order valence-corrected chi connectivity index (χ3v) is 3.50. The highest BCUT2D eigenvalue weighted by atomic mass is 16.5. The van der Waals surface area contributed by atoms with Gasteiger partial charge in [-0.15, -0.1) is 0 Å². The van der Waals surface area contributed by atoms with Gasteiger partial charge in [0.2, 0.25) is 5.91 Å². The summed E-state index contributed by atoms with van der Waals surface area (Å²) in [5.41, 5.74) is 2.23. The molecule has 3 rings (SSSR count). The number of ether oxygens (including phenoxy) is 1. The minimum atomic E-state index is -0.138. The second-order valence-electron chi connectivity index (χ2n) is 5.03. The normalized spacial score (nSPS) is 21.2. The second-order valence-corrected chi connectivity index (χ2v) is 5.03. The van der Waals surface area contributed by atoms with Crippen molar-refractivity contribution in [3.8, 4) is 0 Å². The summed E-state index contributed by atoms with van der Waals surface area (Å²) < 4.78 is 5.33. The molecule has 1 aromatic rings. The zero-order valence-corrected chi connectivity index (χ0v) is 11.1. The van der Waals surface area contributed by atoms with Crippen LogP contribution in [0.1, 0.15) is 15.9 Å². The predicted octanol–water partition coefficient (Wildman–Crippen LogP) is -0.101. The van der Waals surface area contributed by atoms with Crippen LogP contribution in [0.15, 0.2) is 18.2 Å². The number of hydrogen-bond donors (Lipinski definition) is 3. The number of carbonyl (C=O) groups excluding carboxylic acids is 2. The lowest BCUT2D eigenvalue weighted by Gasteiger charge is -2.23. The minimum absolute atomic E-state index is 0.0267. The minimum Gasteiger partial charge on any atom is -0.378 e. The van der Waals surface area contributed by atoms with Crippen molar-refractivity contribution >= 4 is 17.5 Å². The summed E-state index contributed by atoms with van der Waals surface area (Å²) in [4.78, 5) is 23.4. The predicted molar refractivity (Wildman–Crippen MR) is 73.7 cm³/mol. The third-order valence-electron chi connectivity index (χ3n) is 3.50. The maximum Gasteiger partial charge on any atom is 0.251 e. The lowest BCUT2D eigenvalue weighted by Crippen LogP contribution is -2.48. The zero-order valence-electron chi connectivity index (χ0n) is 11.1. The summed E-state index contributed by atoms with van der Waals surface area (Å²) >= 11 is 0. The topological polar surface area (TPSA) is 79.5 Å². The van der Waals surface area contributed by atoms with Gasteiger partial charge in [-0.1, -0.05) is 6.07 Å². The number of rotatable bonds is 3. The average molecular weight is 275 g/mol. The quantitative estimate of drug-likeness (QED) is 0.719. The van der Waals surface area contributed by atoms with Crippen molar-refractivity contribution < 1.29 is 14.3 Å². The van der Waals surface area contributed by atoms with E-state index in [2.05, 4.69) is 16.0 Å². The molecule has 0 radical (unpaired) electrons. The van der Waals surface area contributed by atoms with E-state index in [9.17, 15) is 9.59 Å². The lowest BCUT2D eigenvalue weighted by atomic mass is 10.1. The van der Waals surface area contributed by atoms with Crippen molar-refractivity contribution in [2.75, 3.05) is 31.6 Å². The van der Waals surface area contributed by atoms with Gasteiger partial charge in [-0.2, -0.15) is 0 Å². The summed E-state index contributed by atoms with van der Waals surface area (Å²) in [6.07, 6.45) is 0.389. The van der Waals surface area contributed by atoms with E-state index in [0.29, 0.717) is 25.1 Å². The van der Waals surface area contributed by atoms with Crippen LogP contribution in [0.3, 0.4) is 0 Å². The van der Waals surface area contributed by atoms with Gasteiger partial charge < -0.3 is 20.7 Å². The Hall–Kier alpha value is -1.92. The van der Waals surface area contributed by atoms with Crippen molar-refractivity contribution in [3.63, 3.8) is 0 Å². The first-order valence-corrected chi connectivity index (χ1v) is 6.74. The Bertz CT molecular complexity index is 538. The molecule has 6 nitrogen and oxygen atoms in total. The summed E-state index contributed by atoms with van der Waals surface area (Å²) in [6.45, 7) is 2.67. The van der Waals surface area contributed by atoms with Crippen LogP contribution in [0.2, 0.25) is 0 Å². The molecule has 1 saturated heterocycles. The molecule has 3 N–H and O–H groups in total. The Morgan fingerprint density at radius 1 is 1.45 bits per heavy atom. The first kappa shape index (κ1) is 13.1. The summed E-state index contributed by atoms with van der Waals surface area (Å²) in [7, 11) is 0. The van der Waals surface area contributed by atoms with Crippen molar-refractivity contribution in [1.82, 2.24) is 10.6 Å². The monoisotopic (exact) mass is 275 g/mol. The van der Waals surface area contributed by atoms with E-state index in [1.807, 2.05) is 6.07 Å². The van der Waals surface area contributed by atoms with Gasteiger partial charge in [-0.3, -0.25) is 9.59 Å². The van der Waals surface area contributed by atoms with Gasteiger partial charge in [0.25, 0.3) is 5.91 Å². The molecule has 2 heterocycles. The molecule has 1 atom stereocenters. The molecule has 2 aliphatic heterocycles.